The van der Waals surface area contributed by atoms with E-state index in [2.05, 4.69) is 49.3 Å². The standard InChI is InChI=1S/C22H23FN2O/c1-14-4-5-16-13-19-20(22(2,18(16)12-14)10-11-25(19)3)24-21(26)15-6-8-17(23)9-7-15/h4-9,12H,10-11,13H2,1-3H3,(H,24,26). The molecule has 4 rings (SSSR count). The molecule has 1 aliphatic heterocycles. The Morgan fingerprint density at radius 2 is 1.92 bits per heavy atom. The van der Waals surface area contributed by atoms with Crippen molar-refractivity contribution in [3.63, 3.8) is 0 Å². The highest BCUT2D eigenvalue weighted by Crippen LogP contribution is 2.46. The quantitative estimate of drug-likeness (QED) is 0.890. The lowest BCUT2D eigenvalue weighted by atomic mass is 9.67. The van der Waals surface area contributed by atoms with E-state index < -0.39 is 0 Å². The van der Waals surface area contributed by atoms with Gasteiger partial charge < -0.3 is 10.2 Å². The van der Waals surface area contributed by atoms with Crippen molar-refractivity contribution in [3.05, 3.63) is 81.9 Å². The van der Waals surface area contributed by atoms with Gasteiger partial charge in [-0.25, -0.2) is 4.39 Å². The molecular formula is C22H23FN2O. The SMILES string of the molecule is Cc1ccc2c(c1)C1(C)CCN(C)C(=C1NC(=O)c1ccc(F)cc1)C2. The predicted octanol–water partition coefficient (Wildman–Crippen LogP) is 3.93. The first kappa shape index (κ1) is 16.8. The maximum absolute atomic E-state index is 13.2. The normalized spacial score (nSPS) is 21.5. The zero-order chi connectivity index (χ0) is 18.5. The Labute approximate surface area is 153 Å². The van der Waals surface area contributed by atoms with E-state index in [0.717, 1.165) is 25.1 Å². The molecule has 1 atom stereocenters. The van der Waals surface area contributed by atoms with Gasteiger partial charge in [-0.1, -0.05) is 23.8 Å². The van der Waals surface area contributed by atoms with E-state index in [0.29, 0.717) is 5.56 Å². The second-order valence-electron chi connectivity index (χ2n) is 7.62. The average Bonchev–Trinajstić information content (AvgIpc) is 2.62. The highest BCUT2D eigenvalue weighted by molar-refractivity contribution is 5.95. The summed E-state index contributed by atoms with van der Waals surface area (Å²) in [7, 11) is 2.08. The number of allylic oxidation sites excluding steroid dienone is 2. The van der Waals surface area contributed by atoms with Crippen molar-refractivity contribution < 1.29 is 9.18 Å². The van der Waals surface area contributed by atoms with Gasteiger partial charge in [-0.15, -0.1) is 0 Å². The lowest BCUT2D eigenvalue weighted by molar-refractivity contribution is 0.0952. The van der Waals surface area contributed by atoms with Gasteiger partial charge in [0.15, 0.2) is 0 Å². The van der Waals surface area contributed by atoms with Gasteiger partial charge in [-0.05, 0) is 55.7 Å². The molecule has 2 aliphatic rings. The molecule has 134 valence electrons. The molecule has 26 heavy (non-hydrogen) atoms. The number of fused-ring (bicyclic) bond motifs is 3. The van der Waals surface area contributed by atoms with Crippen molar-refractivity contribution >= 4 is 5.91 Å². The summed E-state index contributed by atoms with van der Waals surface area (Å²) in [6, 6.07) is 12.3. The van der Waals surface area contributed by atoms with Crippen molar-refractivity contribution in [2.75, 3.05) is 13.6 Å². The summed E-state index contributed by atoms with van der Waals surface area (Å²) in [6.45, 7) is 5.29. The molecule has 0 radical (unpaired) electrons. The van der Waals surface area contributed by atoms with Crippen LogP contribution in [0.25, 0.3) is 0 Å². The number of amides is 1. The number of likely N-dealkylation sites (N-methyl/N-ethyl adjacent to an activating group) is 1. The minimum absolute atomic E-state index is 0.185. The molecule has 4 heteroatoms. The van der Waals surface area contributed by atoms with Crippen LogP contribution in [-0.4, -0.2) is 24.4 Å². The fraction of sp³-hybridized carbons (Fsp3) is 0.318. The Balaban J connectivity index is 1.76. The first-order valence-electron chi connectivity index (χ1n) is 9.00. The third-order valence-electron chi connectivity index (χ3n) is 5.81. The fourth-order valence-corrected chi connectivity index (χ4v) is 4.19. The lowest BCUT2D eigenvalue weighted by Gasteiger charge is -2.47. The van der Waals surface area contributed by atoms with Crippen LogP contribution in [0.1, 0.15) is 40.4 Å². The van der Waals surface area contributed by atoms with E-state index in [9.17, 15) is 9.18 Å². The zero-order valence-corrected chi connectivity index (χ0v) is 15.4. The summed E-state index contributed by atoms with van der Waals surface area (Å²) in [5.74, 6) is -0.524. The van der Waals surface area contributed by atoms with Gasteiger partial charge in [0.25, 0.3) is 5.91 Å². The summed E-state index contributed by atoms with van der Waals surface area (Å²) in [5.41, 5.74) is 6.29. The highest BCUT2D eigenvalue weighted by Gasteiger charge is 2.43. The van der Waals surface area contributed by atoms with E-state index in [4.69, 9.17) is 0 Å². The average molecular weight is 350 g/mol. The Hall–Kier alpha value is -2.62. The van der Waals surface area contributed by atoms with E-state index in [1.54, 1.807) is 0 Å². The van der Waals surface area contributed by atoms with Gasteiger partial charge >= 0.3 is 0 Å². The predicted molar refractivity (Wildman–Crippen MR) is 100 cm³/mol. The van der Waals surface area contributed by atoms with Gasteiger partial charge in [-0.3, -0.25) is 4.79 Å². The number of nitrogens with one attached hydrogen (secondary N) is 1. The number of aryl methyl sites for hydroxylation is 1. The second-order valence-corrected chi connectivity index (χ2v) is 7.62. The van der Waals surface area contributed by atoms with Crippen molar-refractivity contribution in [1.82, 2.24) is 10.2 Å². The third-order valence-corrected chi connectivity index (χ3v) is 5.81. The van der Waals surface area contributed by atoms with Gasteiger partial charge in [0, 0.05) is 42.4 Å². The Kier molecular flexibility index (Phi) is 3.87. The Bertz CT molecular complexity index is 916. The van der Waals surface area contributed by atoms with Crippen LogP contribution < -0.4 is 5.32 Å². The first-order chi connectivity index (χ1) is 12.4. The van der Waals surface area contributed by atoms with Crippen LogP contribution in [0.4, 0.5) is 4.39 Å². The molecule has 1 aliphatic carbocycles. The first-order valence-corrected chi connectivity index (χ1v) is 9.00. The largest absolute Gasteiger partial charge is 0.376 e. The molecule has 2 aromatic rings. The summed E-state index contributed by atoms with van der Waals surface area (Å²) in [6.07, 6.45) is 1.77. The van der Waals surface area contributed by atoms with Crippen molar-refractivity contribution in [2.24, 2.45) is 0 Å². The van der Waals surface area contributed by atoms with Crippen LogP contribution in [0, 0.1) is 12.7 Å². The summed E-state index contributed by atoms with van der Waals surface area (Å²) < 4.78 is 13.2. The maximum atomic E-state index is 13.2. The number of hydrogen-bond donors (Lipinski definition) is 1. The number of nitrogens with zero attached hydrogens (tertiary/aromatic N) is 1. The number of hydrogen-bond acceptors (Lipinski definition) is 2. The van der Waals surface area contributed by atoms with E-state index in [1.165, 1.54) is 46.7 Å². The maximum Gasteiger partial charge on any atom is 0.255 e. The number of carbonyl (C=O) groups is 1. The topological polar surface area (TPSA) is 32.3 Å². The minimum Gasteiger partial charge on any atom is -0.376 e. The molecule has 1 N–H and O–H groups in total. The monoisotopic (exact) mass is 350 g/mol. The molecule has 0 fully saturated rings. The summed E-state index contributed by atoms with van der Waals surface area (Å²) >= 11 is 0. The van der Waals surface area contributed by atoms with Crippen LogP contribution in [0.15, 0.2) is 53.9 Å². The van der Waals surface area contributed by atoms with E-state index >= 15 is 0 Å². The number of rotatable bonds is 2. The molecule has 0 aromatic heterocycles. The van der Waals surface area contributed by atoms with Gasteiger partial charge in [0.1, 0.15) is 5.82 Å². The van der Waals surface area contributed by atoms with E-state index in [-0.39, 0.29) is 17.1 Å². The molecule has 1 unspecified atom stereocenters. The lowest BCUT2D eigenvalue weighted by Crippen LogP contribution is -2.48. The fourth-order valence-electron chi connectivity index (χ4n) is 4.19. The minimum atomic E-state index is -0.339. The Morgan fingerprint density at radius 1 is 1.19 bits per heavy atom. The van der Waals surface area contributed by atoms with Crippen LogP contribution >= 0.6 is 0 Å². The zero-order valence-electron chi connectivity index (χ0n) is 15.4. The van der Waals surface area contributed by atoms with Gasteiger partial charge in [0.05, 0.1) is 0 Å². The van der Waals surface area contributed by atoms with Crippen LogP contribution in [0.5, 0.6) is 0 Å². The molecule has 2 aromatic carbocycles. The molecule has 2 bridgehead atoms. The molecule has 0 saturated carbocycles. The van der Waals surface area contributed by atoms with Gasteiger partial charge in [0.2, 0.25) is 0 Å². The van der Waals surface area contributed by atoms with Crippen LogP contribution in [0.3, 0.4) is 0 Å². The molecular weight excluding hydrogens is 327 g/mol. The van der Waals surface area contributed by atoms with E-state index in [1.807, 2.05) is 0 Å². The molecule has 3 nitrogen and oxygen atoms in total. The Morgan fingerprint density at radius 3 is 2.65 bits per heavy atom. The third kappa shape index (κ3) is 2.61. The second kappa shape index (κ2) is 5.97. The summed E-state index contributed by atoms with van der Waals surface area (Å²) in [5, 5.41) is 3.16. The van der Waals surface area contributed by atoms with Crippen LogP contribution in [-0.2, 0) is 11.8 Å². The number of halogens is 1. The van der Waals surface area contributed by atoms with Crippen molar-refractivity contribution in [1.29, 1.82) is 0 Å². The molecule has 1 amide bonds. The molecule has 0 spiro atoms. The highest BCUT2D eigenvalue weighted by atomic mass is 19.1. The number of benzene rings is 2. The molecule has 1 heterocycles. The summed E-state index contributed by atoms with van der Waals surface area (Å²) in [4.78, 5) is 15.0. The van der Waals surface area contributed by atoms with Crippen molar-refractivity contribution in [3.8, 4) is 0 Å². The smallest absolute Gasteiger partial charge is 0.255 e. The number of carbonyl (C=O) groups excluding carboxylic acids is 1. The molecule has 0 saturated heterocycles. The van der Waals surface area contributed by atoms with Gasteiger partial charge in [-0.2, -0.15) is 0 Å². The van der Waals surface area contributed by atoms with Crippen LogP contribution in [0.2, 0.25) is 0 Å². The van der Waals surface area contributed by atoms with Crippen molar-refractivity contribution in [2.45, 2.75) is 32.1 Å².